The van der Waals surface area contributed by atoms with Gasteiger partial charge in [-0.2, -0.15) is 0 Å². The van der Waals surface area contributed by atoms with Gasteiger partial charge in [0.1, 0.15) is 6.04 Å². The number of rotatable bonds is 27. The summed E-state index contributed by atoms with van der Waals surface area (Å²) < 4.78 is 9.64. The maximum absolute atomic E-state index is 12.0. The molecule has 0 spiro atoms. The van der Waals surface area contributed by atoms with Crippen LogP contribution >= 0.6 is 8.60 Å². The summed E-state index contributed by atoms with van der Waals surface area (Å²) in [4.78, 5) is 44.0. The third-order valence-electron chi connectivity index (χ3n) is 8.25. The van der Waals surface area contributed by atoms with Crippen molar-refractivity contribution in [2.75, 3.05) is 33.4 Å². The first-order chi connectivity index (χ1) is 25.8. The van der Waals surface area contributed by atoms with E-state index >= 15 is 0 Å². The third kappa shape index (κ3) is 50.2. The van der Waals surface area contributed by atoms with E-state index in [1.54, 1.807) is 6.92 Å². The van der Waals surface area contributed by atoms with Gasteiger partial charge >= 0.3 is 8.60 Å². The number of nitrogens with two attached hydrogens (primary N) is 1. The van der Waals surface area contributed by atoms with Gasteiger partial charge in [-0.05, 0) is 81.2 Å². The molecule has 0 fully saturated rings. The molecular weight excluding hydrogens is 713 g/mol. The number of hydrogen-bond donors (Lipinski definition) is 6. The van der Waals surface area contributed by atoms with Crippen LogP contribution in [0.2, 0.25) is 0 Å². The van der Waals surface area contributed by atoms with Crippen LogP contribution in [0.15, 0.2) is 12.3 Å². The lowest BCUT2D eigenvalue weighted by Gasteiger charge is -2.27. The lowest BCUT2D eigenvalue weighted by Crippen LogP contribution is -2.50. The van der Waals surface area contributed by atoms with E-state index in [0.29, 0.717) is 31.9 Å². The summed E-state index contributed by atoms with van der Waals surface area (Å²) in [5.41, 5.74) is 6.21. The molecule has 0 aliphatic heterocycles. The molecule has 7 N–H and O–H groups in total. The maximum Gasteiger partial charge on any atom is 0.329 e. The van der Waals surface area contributed by atoms with E-state index in [0.717, 1.165) is 70.9 Å². The van der Waals surface area contributed by atoms with Gasteiger partial charge < -0.3 is 40.9 Å². The third-order valence-corrected chi connectivity index (χ3v) is 8.97. The largest absolute Gasteiger partial charge is 0.391 e. The molecule has 0 saturated heterocycles. The van der Waals surface area contributed by atoms with Gasteiger partial charge in [0.15, 0.2) is 0 Å². The number of carbonyl (C=O) groups is 3. The molecule has 3 atom stereocenters. The predicted molar refractivity (Wildman–Crippen MR) is 237 cm³/mol. The highest BCUT2D eigenvalue weighted by molar-refractivity contribution is 7.40. The second-order valence-corrected chi connectivity index (χ2v) is 17.7. The van der Waals surface area contributed by atoms with Crippen LogP contribution in [0, 0.1) is 16.7 Å². The summed E-state index contributed by atoms with van der Waals surface area (Å²) in [5, 5.41) is 11.7. The summed E-state index contributed by atoms with van der Waals surface area (Å²) in [6.07, 6.45) is 19.7. The van der Waals surface area contributed by atoms with Crippen LogP contribution in [0.5, 0.6) is 0 Å². The van der Waals surface area contributed by atoms with E-state index in [9.17, 15) is 14.4 Å². The molecule has 330 valence electrons. The number of allylic oxidation sites excluding steroid dienone is 1. The number of carbonyl (C=O) groups excluding carboxylic acids is 3. The Balaban J connectivity index is -0.000000348. The van der Waals surface area contributed by atoms with Gasteiger partial charge in [0.05, 0.1) is 12.6 Å². The zero-order valence-electron chi connectivity index (χ0n) is 38.3. The van der Waals surface area contributed by atoms with Crippen LogP contribution < -0.4 is 27.0 Å². The molecule has 0 rings (SSSR count). The summed E-state index contributed by atoms with van der Waals surface area (Å²) in [6.45, 7) is 30.7. The minimum atomic E-state index is -1.63. The molecule has 0 aliphatic rings. The smallest absolute Gasteiger partial charge is 0.329 e. The first kappa shape index (κ1) is 59.9. The second kappa shape index (κ2) is 40.4. The maximum atomic E-state index is 12.0. The summed E-state index contributed by atoms with van der Waals surface area (Å²) >= 11 is 0. The first-order valence-electron chi connectivity index (χ1n) is 21.4. The van der Waals surface area contributed by atoms with Crippen molar-refractivity contribution >= 4 is 26.3 Å². The molecule has 2 unspecified atom stereocenters. The minimum Gasteiger partial charge on any atom is -0.391 e. The van der Waals surface area contributed by atoms with Gasteiger partial charge in [0.25, 0.3) is 0 Å². The van der Waals surface area contributed by atoms with E-state index in [1.165, 1.54) is 32.8 Å². The van der Waals surface area contributed by atoms with Crippen molar-refractivity contribution in [1.29, 1.82) is 0 Å². The van der Waals surface area contributed by atoms with Gasteiger partial charge in [-0.1, -0.05) is 128 Å². The molecule has 3 amide bonds. The molecule has 0 saturated carbocycles. The van der Waals surface area contributed by atoms with Crippen molar-refractivity contribution in [1.82, 2.24) is 21.3 Å². The van der Waals surface area contributed by atoms with Gasteiger partial charge in [-0.15, -0.1) is 0 Å². The van der Waals surface area contributed by atoms with E-state index in [1.807, 2.05) is 13.1 Å². The Morgan fingerprint density at radius 1 is 0.782 bits per heavy atom. The average molecular weight is 806 g/mol. The normalized spacial score (nSPS) is 12.9. The van der Waals surface area contributed by atoms with Gasteiger partial charge in [-0.25, -0.2) is 0 Å². The summed E-state index contributed by atoms with van der Waals surface area (Å²) in [6, 6.07) is -1.09. The summed E-state index contributed by atoms with van der Waals surface area (Å²) in [5.74, 6) is 0.425. The molecule has 0 radical (unpaired) electrons. The fourth-order valence-electron chi connectivity index (χ4n) is 4.86. The highest BCUT2D eigenvalue weighted by Gasteiger charge is 2.22. The average Bonchev–Trinajstić information content (AvgIpc) is 3.11. The van der Waals surface area contributed by atoms with Crippen LogP contribution in [-0.4, -0.2) is 68.0 Å². The van der Waals surface area contributed by atoms with Crippen molar-refractivity contribution in [3.63, 3.8) is 0 Å². The molecule has 0 heterocycles. The predicted octanol–water partition coefficient (Wildman–Crippen LogP) is 9.67. The summed E-state index contributed by atoms with van der Waals surface area (Å²) in [7, 11) is -0.189. The Morgan fingerprint density at radius 3 is 1.91 bits per heavy atom. The molecular formula is C43H92N5O6P. The Morgan fingerprint density at radius 2 is 1.40 bits per heavy atom. The van der Waals surface area contributed by atoms with Crippen LogP contribution in [-0.2, 0) is 23.4 Å². The lowest BCUT2D eigenvalue weighted by molar-refractivity contribution is -0.129. The van der Waals surface area contributed by atoms with Crippen molar-refractivity contribution in [2.45, 2.75) is 198 Å². The lowest BCUT2D eigenvalue weighted by atomic mass is 9.81. The van der Waals surface area contributed by atoms with Crippen LogP contribution in [0.25, 0.3) is 0 Å². The Labute approximate surface area is 341 Å². The molecule has 0 aromatic rings. The Kier molecular flexibility index (Phi) is 44.0. The minimum absolute atomic E-state index is 0.155. The monoisotopic (exact) mass is 806 g/mol. The molecule has 0 aliphatic carbocycles. The highest BCUT2D eigenvalue weighted by Crippen LogP contribution is 2.31. The number of unbranched alkanes of at least 4 members (excludes halogenated alkanes) is 5. The molecule has 0 aromatic heterocycles. The molecule has 12 heteroatoms. The quantitative estimate of drug-likeness (QED) is 0.0353. The molecule has 0 aromatic carbocycles. The Bertz CT molecular complexity index is 912. The van der Waals surface area contributed by atoms with Crippen molar-refractivity contribution in [3.8, 4) is 0 Å². The highest BCUT2D eigenvalue weighted by atomic mass is 31.2. The molecule has 55 heavy (non-hydrogen) atoms. The van der Waals surface area contributed by atoms with Crippen LogP contribution in [0.3, 0.4) is 0 Å². The van der Waals surface area contributed by atoms with E-state index in [-0.39, 0.29) is 28.6 Å². The van der Waals surface area contributed by atoms with Crippen molar-refractivity contribution in [2.24, 2.45) is 22.5 Å². The number of amides is 3. The van der Waals surface area contributed by atoms with Gasteiger partial charge in [0.2, 0.25) is 17.7 Å². The van der Waals surface area contributed by atoms with Crippen LogP contribution in [0.4, 0.5) is 0 Å². The Hall–Kier alpha value is -1.78. The van der Waals surface area contributed by atoms with Crippen molar-refractivity contribution in [3.05, 3.63) is 12.3 Å². The number of nitrogens with one attached hydrogen (secondary N) is 4. The number of hydrogen-bond acceptors (Lipinski definition) is 8. The first-order valence-corrected chi connectivity index (χ1v) is 22.5. The van der Waals surface area contributed by atoms with E-state index in [4.69, 9.17) is 15.2 Å². The SMILES string of the molecule is CC/C=C/NCCCCCCOP(O)OC.CCCC.CCCCNC(=O)CCC(C)(C)C.CCC[C@H](N)C(=O)NC(C)C(=O)NCCC(C)(C)CC(C)C. The van der Waals surface area contributed by atoms with E-state index < -0.39 is 20.7 Å². The van der Waals surface area contributed by atoms with E-state index in [2.05, 4.69) is 108 Å². The van der Waals surface area contributed by atoms with Crippen LogP contribution in [0.1, 0.15) is 186 Å². The fraction of sp³-hybridized carbons (Fsp3) is 0.884. The topological polar surface area (TPSA) is 164 Å². The standard InChI is InChI=1S/C17H35N3O2.C11H24NO3P.C11H23NO.C4H10/c1-7-8-14(18)16(22)20-13(4)15(21)19-10-9-17(5,6)11-12(2)3;1-3-4-9-12-10-7-5-6-8-11-15-16(13)14-2;1-5-6-9-12-10(13)7-8-11(2,3)4;1-3-4-2/h12-14H,7-11,18H2,1-6H3,(H,19,21)(H,20,22);4,9,12-13H,3,5-8,10-11H2,1-2H3;5-9H2,1-4H3,(H,12,13);3-4H2,1-2H3/b;9-4+;;/t13?,14-;;;/m0.../s1. The fourth-order valence-corrected chi connectivity index (χ4v) is 5.25. The van der Waals surface area contributed by atoms with Crippen molar-refractivity contribution < 1.29 is 28.3 Å². The van der Waals surface area contributed by atoms with Gasteiger partial charge in [0, 0.05) is 33.2 Å². The van der Waals surface area contributed by atoms with Gasteiger partial charge in [-0.3, -0.25) is 14.4 Å². The molecule has 0 bridgehead atoms. The zero-order valence-corrected chi connectivity index (χ0v) is 39.2. The zero-order chi connectivity index (χ0) is 43.1. The molecule has 11 nitrogen and oxygen atoms in total. The second-order valence-electron chi connectivity index (χ2n) is 16.6.